The van der Waals surface area contributed by atoms with E-state index in [4.69, 9.17) is 0 Å². The van der Waals surface area contributed by atoms with Gasteiger partial charge in [-0.1, -0.05) is 18.2 Å². The molecule has 0 spiro atoms. The van der Waals surface area contributed by atoms with Crippen molar-refractivity contribution in [2.75, 3.05) is 18.4 Å². The minimum Gasteiger partial charge on any atom is -0.315 e. The molecule has 0 bridgehead atoms. The van der Waals surface area contributed by atoms with Gasteiger partial charge >= 0.3 is 0 Å². The lowest BCUT2D eigenvalue weighted by Gasteiger charge is -2.16. The molecule has 0 saturated carbocycles. The first-order valence-corrected chi connectivity index (χ1v) is 8.32. The number of carbonyl (C=O) groups is 1. The molecule has 1 aliphatic rings. The first-order valence-electron chi connectivity index (χ1n) is 8.32. The van der Waals surface area contributed by atoms with Crippen molar-refractivity contribution in [3.05, 3.63) is 60.6 Å². The van der Waals surface area contributed by atoms with Crippen LogP contribution >= 0.6 is 0 Å². The molecule has 7 heteroatoms. The molecule has 1 fully saturated rings. The largest absolute Gasteiger partial charge is 0.315 e. The van der Waals surface area contributed by atoms with Crippen LogP contribution < -0.4 is 10.6 Å². The maximum atomic E-state index is 12.7. The summed E-state index contributed by atoms with van der Waals surface area (Å²) in [6.45, 7) is 1.44. The molecule has 2 N–H and O–H groups in total. The maximum Gasteiger partial charge on any atom is 0.230 e. The number of carbonyl (C=O) groups excluding carboxylic acids is 1. The molecule has 3 heterocycles. The third-order valence-electron chi connectivity index (χ3n) is 4.57. The van der Waals surface area contributed by atoms with E-state index in [0.29, 0.717) is 12.4 Å². The second-order valence-electron chi connectivity index (χ2n) is 6.29. The van der Waals surface area contributed by atoms with Gasteiger partial charge in [0.25, 0.3) is 0 Å². The highest BCUT2D eigenvalue weighted by Gasteiger charge is 2.34. The number of aromatic nitrogens is 4. The molecule has 0 aliphatic carbocycles. The Morgan fingerprint density at radius 1 is 1.24 bits per heavy atom. The Bertz CT molecular complexity index is 869. The van der Waals surface area contributed by atoms with Crippen molar-refractivity contribution >= 4 is 11.7 Å². The Morgan fingerprint density at radius 2 is 2.08 bits per heavy atom. The fraction of sp³-hybridized carbons (Fsp3) is 0.278. The van der Waals surface area contributed by atoms with Gasteiger partial charge < -0.3 is 10.6 Å². The van der Waals surface area contributed by atoms with Gasteiger partial charge in [-0.15, -0.1) is 0 Å². The summed E-state index contributed by atoms with van der Waals surface area (Å²) in [6.07, 6.45) is 5.65. The lowest BCUT2D eigenvalue weighted by Crippen LogP contribution is -2.28. The second kappa shape index (κ2) is 6.52. The van der Waals surface area contributed by atoms with Crippen LogP contribution in [-0.4, -0.2) is 38.6 Å². The number of hydrogen-bond acceptors (Lipinski definition) is 4. The van der Waals surface area contributed by atoms with Crippen LogP contribution in [0.25, 0.3) is 5.69 Å². The smallest absolute Gasteiger partial charge is 0.230 e. The van der Waals surface area contributed by atoms with Crippen LogP contribution in [0.1, 0.15) is 11.5 Å². The highest BCUT2D eigenvalue weighted by Crippen LogP contribution is 2.28. The Morgan fingerprint density at radius 3 is 2.84 bits per heavy atom. The van der Waals surface area contributed by atoms with Crippen LogP contribution in [0, 0.1) is 5.92 Å². The lowest BCUT2D eigenvalue weighted by atomic mass is 9.90. The van der Waals surface area contributed by atoms with Crippen LogP contribution in [0.3, 0.4) is 0 Å². The highest BCUT2D eigenvalue weighted by atomic mass is 16.2. The zero-order valence-corrected chi connectivity index (χ0v) is 14.0. The summed E-state index contributed by atoms with van der Waals surface area (Å²) in [4.78, 5) is 12.7. The van der Waals surface area contributed by atoms with Gasteiger partial charge in [-0.3, -0.25) is 9.48 Å². The number of anilines is 1. The molecule has 128 valence electrons. The summed E-state index contributed by atoms with van der Waals surface area (Å²) in [7, 11) is 1.89. The average molecular weight is 336 g/mol. The van der Waals surface area contributed by atoms with Gasteiger partial charge in [0.15, 0.2) is 5.82 Å². The lowest BCUT2D eigenvalue weighted by molar-refractivity contribution is -0.119. The van der Waals surface area contributed by atoms with E-state index in [1.165, 1.54) is 0 Å². The summed E-state index contributed by atoms with van der Waals surface area (Å²) < 4.78 is 3.52. The van der Waals surface area contributed by atoms with Crippen molar-refractivity contribution in [1.29, 1.82) is 0 Å². The topological polar surface area (TPSA) is 76.8 Å². The molecule has 1 aliphatic heterocycles. The molecule has 2 atom stereocenters. The van der Waals surface area contributed by atoms with Gasteiger partial charge in [-0.05, 0) is 17.7 Å². The standard InChI is InChI=1S/C18H20N6O/c1-23-12-13(9-20-23)15-10-19-11-16(15)18(25)21-17-7-8-24(22-17)14-5-3-2-4-6-14/h2-9,12,15-16,19H,10-11H2,1H3,(H,21,22,25)/t15-,16+/m1/s1. The molecule has 3 aromatic rings. The zero-order valence-electron chi connectivity index (χ0n) is 14.0. The number of rotatable bonds is 4. The summed E-state index contributed by atoms with van der Waals surface area (Å²) >= 11 is 0. The van der Waals surface area contributed by atoms with Crippen LogP contribution in [-0.2, 0) is 11.8 Å². The van der Waals surface area contributed by atoms with Gasteiger partial charge in [0, 0.05) is 44.5 Å². The maximum absolute atomic E-state index is 12.7. The minimum absolute atomic E-state index is 0.0165. The number of nitrogens with one attached hydrogen (secondary N) is 2. The summed E-state index contributed by atoms with van der Waals surface area (Å²) in [5.74, 6) is 0.541. The number of aryl methyl sites for hydroxylation is 1. The SMILES string of the molecule is Cn1cc([C@H]2CNC[C@@H]2C(=O)Nc2ccn(-c3ccccc3)n2)cn1. The third kappa shape index (κ3) is 3.18. The van der Waals surface area contributed by atoms with E-state index < -0.39 is 0 Å². The zero-order chi connectivity index (χ0) is 17.2. The second-order valence-corrected chi connectivity index (χ2v) is 6.29. The van der Waals surface area contributed by atoms with Crippen LogP contribution in [0.5, 0.6) is 0 Å². The highest BCUT2D eigenvalue weighted by molar-refractivity contribution is 5.92. The first-order chi connectivity index (χ1) is 12.2. The molecule has 1 saturated heterocycles. The molecule has 1 amide bonds. The van der Waals surface area contributed by atoms with E-state index in [9.17, 15) is 4.79 Å². The van der Waals surface area contributed by atoms with Gasteiger partial charge in [0.1, 0.15) is 0 Å². The summed E-state index contributed by atoms with van der Waals surface area (Å²) in [5.41, 5.74) is 2.04. The molecule has 0 radical (unpaired) electrons. The number of benzene rings is 1. The third-order valence-corrected chi connectivity index (χ3v) is 4.57. The molecule has 2 aromatic heterocycles. The summed E-state index contributed by atoms with van der Waals surface area (Å²) in [5, 5.41) is 14.9. The van der Waals surface area contributed by atoms with E-state index >= 15 is 0 Å². The first kappa shape index (κ1) is 15.6. The van der Waals surface area contributed by atoms with E-state index in [1.54, 1.807) is 9.36 Å². The average Bonchev–Trinajstić information content (AvgIpc) is 3.35. The van der Waals surface area contributed by atoms with Crippen LogP contribution in [0.4, 0.5) is 5.82 Å². The quantitative estimate of drug-likeness (QED) is 0.758. The van der Waals surface area contributed by atoms with Gasteiger partial charge in [-0.2, -0.15) is 10.2 Å². The van der Waals surface area contributed by atoms with E-state index in [2.05, 4.69) is 20.8 Å². The molecule has 25 heavy (non-hydrogen) atoms. The molecule has 7 nitrogen and oxygen atoms in total. The van der Waals surface area contributed by atoms with Crippen molar-refractivity contribution in [3.8, 4) is 5.69 Å². The number of amides is 1. The predicted molar refractivity (Wildman–Crippen MR) is 94.5 cm³/mol. The van der Waals surface area contributed by atoms with Gasteiger partial charge in [0.2, 0.25) is 5.91 Å². The number of nitrogens with zero attached hydrogens (tertiary/aromatic N) is 4. The molecule has 0 unspecified atom stereocenters. The Labute approximate surface area is 145 Å². The van der Waals surface area contributed by atoms with Gasteiger partial charge in [-0.25, -0.2) is 4.68 Å². The minimum atomic E-state index is -0.133. The van der Waals surface area contributed by atoms with E-state index in [1.807, 2.05) is 62.0 Å². The number of para-hydroxylation sites is 1. The van der Waals surface area contributed by atoms with Crippen molar-refractivity contribution in [2.45, 2.75) is 5.92 Å². The number of hydrogen-bond donors (Lipinski definition) is 2. The fourth-order valence-electron chi connectivity index (χ4n) is 3.27. The van der Waals surface area contributed by atoms with Crippen LogP contribution in [0.2, 0.25) is 0 Å². The van der Waals surface area contributed by atoms with E-state index in [-0.39, 0.29) is 17.7 Å². The van der Waals surface area contributed by atoms with Crippen LogP contribution in [0.15, 0.2) is 55.0 Å². The Balaban J connectivity index is 1.47. The Kier molecular flexibility index (Phi) is 4.07. The normalized spacial score (nSPS) is 19.9. The van der Waals surface area contributed by atoms with E-state index in [0.717, 1.165) is 17.8 Å². The monoisotopic (exact) mass is 336 g/mol. The molecule has 1 aromatic carbocycles. The van der Waals surface area contributed by atoms with Crippen molar-refractivity contribution < 1.29 is 4.79 Å². The summed E-state index contributed by atoms with van der Waals surface area (Å²) in [6, 6.07) is 11.6. The predicted octanol–water partition coefficient (Wildman–Crippen LogP) is 1.55. The van der Waals surface area contributed by atoms with Crippen molar-refractivity contribution in [1.82, 2.24) is 24.9 Å². The van der Waals surface area contributed by atoms with Gasteiger partial charge in [0.05, 0.1) is 17.8 Å². The molecule has 4 rings (SSSR count). The van der Waals surface area contributed by atoms with Crippen molar-refractivity contribution in [3.63, 3.8) is 0 Å². The fourth-order valence-corrected chi connectivity index (χ4v) is 3.27. The molecular formula is C18H20N6O. The Hall–Kier alpha value is -2.93. The molecular weight excluding hydrogens is 316 g/mol. The van der Waals surface area contributed by atoms with Crippen molar-refractivity contribution in [2.24, 2.45) is 13.0 Å².